The molecule has 4 nitrogen and oxygen atoms in total. The van der Waals surface area contributed by atoms with Gasteiger partial charge in [-0.1, -0.05) is 18.2 Å². The first-order valence-corrected chi connectivity index (χ1v) is 8.91. The average Bonchev–Trinajstić information content (AvgIpc) is 3.16. The van der Waals surface area contributed by atoms with Gasteiger partial charge in [0.05, 0.1) is 12.0 Å². The molecule has 1 fully saturated rings. The second kappa shape index (κ2) is 7.07. The van der Waals surface area contributed by atoms with E-state index in [1.165, 1.54) is 16.2 Å². The number of hydrogen-bond donors (Lipinski definition) is 0. The highest BCUT2D eigenvalue weighted by atomic mass is 32.2. The van der Waals surface area contributed by atoms with Crippen LogP contribution in [0.1, 0.15) is 4.88 Å². The lowest BCUT2D eigenvalue weighted by atomic mass is 10.1. The molecule has 3 rings (SSSR count). The molecular formula is C18H15NO3S2. The van der Waals surface area contributed by atoms with E-state index in [0.29, 0.717) is 4.91 Å². The first-order valence-electron chi connectivity index (χ1n) is 7.21. The Labute approximate surface area is 148 Å². The maximum absolute atomic E-state index is 12.2. The van der Waals surface area contributed by atoms with Crippen molar-refractivity contribution < 1.29 is 14.3 Å². The van der Waals surface area contributed by atoms with E-state index in [4.69, 9.17) is 4.74 Å². The number of imide groups is 1. The molecule has 0 bridgehead atoms. The minimum absolute atomic E-state index is 0.238. The van der Waals surface area contributed by atoms with Crippen LogP contribution in [0.5, 0.6) is 5.75 Å². The summed E-state index contributed by atoms with van der Waals surface area (Å²) in [5, 5.41) is 1.77. The summed E-state index contributed by atoms with van der Waals surface area (Å²) in [6.45, 7) is 3.81. The lowest BCUT2D eigenvalue weighted by molar-refractivity contribution is -0.122. The Hall–Kier alpha value is -2.31. The number of amides is 2. The molecule has 1 aromatic carbocycles. The Morgan fingerprint density at radius 3 is 2.83 bits per heavy atom. The van der Waals surface area contributed by atoms with Gasteiger partial charge in [0, 0.05) is 11.4 Å². The van der Waals surface area contributed by atoms with Crippen molar-refractivity contribution in [3.05, 3.63) is 58.1 Å². The fourth-order valence-corrected chi connectivity index (χ4v) is 4.06. The molecule has 1 aliphatic heterocycles. The molecule has 2 amide bonds. The monoisotopic (exact) mass is 357 g/mol. The molecule has 0 saturated carbocycles. The van der Waals surface area contributed by atoms with Crippen LogP contribution in [0.2, 0.25) is 0 Å². The van der Waals surface area contributed by atoms with Gasteiger partial charge >= 0.3 is 0 Å². The van der Waals surface area contributed by atoms with E-state index in [0.717, 1.165) is 33.5 Å². The molecule has 122 valence electrons. The topological polar surface area (TPSA) is 46.6 Å². The van der Waals surface area contributed by atoms with Gasteiger partial charge in [0.1, 0.15) is 5.75 Å². The van der Waals surface area contributed by atoms with Crippen molar-refractivity contribution in [1.82, 2.24) is 4.90 Å². The summed E-state index contributed by atoms with van der Waals surface area (Å²) in [4.78, 5) is 26.6. The lowest BCUT2D eigenvalue weighted by Crippen LogP contribution is -2.27. The number of ether oxygens (including phenoxy) is 1. The standard InChI is InChI=1S/C18H15NO3S2/c1-3-7-19-17(20)16(24-18(19)21)10-15-9-13(11-23-15)12-5-4-6-14(8-12)22-2/h3-6,8-11H,1,7H2,2H3/b16-10-. The van der Waals surface area contributed by atoms with E-state index >= 15 is 0 Å². The number of thiophene rings is 1. The zero-order chi connectivity index (χ0) is 17.1. The van der Waals surface area contributed by atoms with Crippen molar-refractivity contribution in [3.63, 3.8) is 0 Å². The van der Waals surface area contributed by atoms with Crippen molar-refractivity contribution in [3.8, 4) is 16.9 Å². The number of methoxy groups -OCH3 is 1. The Kier molecular flexibility index (Phi) is 4.87. The van der Waals surface area contributed by atoms with Crippen LogP contribution in [0, 0.1) is 0 Å². The van der Waals surface area contributed by atoms with Gasteiger partial charge in [-0.05, 0) is 52.5 Å². The van der Waals surface area contributed by atoms with Crippen LogP contribution in [0.3, 0.4) is 0 Å². The second-order valence-corrected chi connectivity index (χ2v) is 6.99. The highest BCUT2D eigenvalue weighted by Gasteiger charge is 2.34. The zero-order valence-corrected chi connectivity index (χ0v) is 14.7. The van der Waals surface area contributed by atoms with Crippen molar-refractivity contribution in [2.24, 2.45) is 0 Å². The van der Waals surface area contributed by atoms with Crippen LogP contribution in [0.25, 0.3) is 17.2 Å². The molecule has 1 aromatic heterocycles. The first-order chi connectivity index (χ1) is 11.6. The van der Waals surface area contributed by atoms with E-state index < -0.39 is 0 Å². The summed E-state index contributed by atoms with van der Waals surface area (Å²) in [6.07, 6.45) is 3.31. The number of rotatable bonds is 5. The molecule has 0 radical (unpaired) electrons. The molecule has 2 aromatic rings. The summed E-state index contributed by atoms with van der Waals surface area (Å²) >= 11 is 2.49. The zero-order valence-electron chi connectivity index (χ0n) is 13.0. The highest BCUT2D eigenvalue weighted by Crippen LogP contribution is 2.35. The third-order valence-corrected chi connectivity index (χ3v) is 5.27. The van der Waals surface area contributed by atoms with E-state index in [1.807, 2.05) is 35.7 Å². The molecule has 1 saturated heterocycles. The van der Waals surface area contributed by atoms with E-state index in [1.54, 1.807) is 19.3 Å². The Morgan fingerprint density at radius 2 is 2.08 bits per heavy atom. The maximum Gasteiger partial charge on any atom is 0.293 e. The van der Waals surface area contributed by atoms with E-state index in [2.05, 4.69) is 6.58 Å². The predicted molar refractivity (Wildman–Crippen MR) is 99.2 cm³/mol. The van der Waals surface area contributed by atoms with Crippen molar-refractivity contribution >= 4 is 40.3 Å². The quantitative estimate of drug-likeness (QED) is 0.577. The lowest BCUT2D eigenvalue weighted by Gasteiger charge is -2.07. The number of carbonyl (C=O) groups excluding carboxylic acids is 2. The van der Waals surface area contributed by atoms with Gasteiger partial charge in [0.2, 0.25) is 0 Å². The minimum Gasteiger partial charge on any atom is -0.497 e. The fraction of sp³-hybridized carbons (Fsp3) is 0.111. The number of benzene rings is 1. The summed E-state index contributed by atoms with van der Waals surface area (Å²) < 4.78 is 5.24. The van der Waals surface area contributed by atoms with Crippen LogP contribution in [-0.4, -0.2) is 29.7 Å². The van der Waals surface area contributed by atoms with Crippen molar-refractivity contribution in [2.45, 2.75) is 0 Å². The third-order valence-electron chi connectivity index (χ3n) is 3.48. The molecule has 6 heteroatoms. The summed E-state index contributed by atoms with van der Waals surface area (Å²) in [5.41, 5.74) is 2.10. The summed E-state index contributed by atoms with van der Waals surface area (Å²) in [7, 11) is 1.64. The Bertz CT molecular complexity index is 838. The summed E-state index contributed by atoms with van der Waals surface area (Å²) in [5.74, 6) is 0.534. The molecule has 0 N–H and O–H groups in total. The van der Waals surface area contributed by atoms with Gasteiger partial charge in [0.25, 0.3) is 11.1 Å². The van der Waals surface area contributed by atoms with E-state index in [-0.39, 0.29) is 17.7 Å². The molecule has 0 spiro atoms. The average molecular weight is 357 g/mol. The van der Waals surface area contributed by atoms with Gasteiger partial charge < -0.3 is 4.74 Å². The van der Waals surface area contributed by atoms with Crippen molar-refractivity contribution in [1.29, 1.82) is 0 Å². The van der Waals surface area contributed by atoms with Crippen LogP contribution >= 0.6 is 23.1 Å². The van der Waals surface area contributed by atoms with Crippen LogP contribution in [0.4, 0.5) is 4.79 Å². The van der Waals surface area contributed by atoms with Crippen LogP contribution in [-0.2, 0) is 4.79 Å². The van der Waals surface area contributed by atoms with Gasteiger partial charge in [0.15, 0.2) is 0 Å². The van der Waals surface area contributed by atoms with Crippen LogP contribution in [0.15, 0.2) is 53.3 Å². The second-order valence-electron chi connectivity index (χ2n) is 5.05. The maximum atomic E-state index is 12.2. The SMILES string of the molecule is C=CCN1C(=O)S/C(=C\c2cc(-c3cccc(OC)c3)cs2)C1=O. The minimum atomic E-state index is -0.263. The van der Waals surface area contributed by atoms with Gasteiger partial charge in [-0.25, -0.2) is 0 Å². The molecule has 0 aliphatic carbocycles. The molecule has 0 unspecified atom stereocenters. The Morgan fingerprint density at radius 1 is 1.25 bits per heavy atom. The largest absolute Gasteiger partial charge is 0.497 e. The summed E-state index contributed by atoms with van der Waals surface area (Å²) in [6, 6.07) is 9.80. The highest BCUT2D eigenvalue weighted by molar-refractivity contribution is 8.18. The van der Waals surface area contributed by atoms with Gasteiger partial charge in [-0.3, -0.25) is 14.5 Å². The molecule has 2 heterocycles. The van der Waals surface area contributed by atoms with Crippen molar-refractivity contribution in [2.75, 3.05) is 13.7 Å². The molecular weight excluding hydrogens is 342 g/mol. The third kappa shape index (κ3) is 3.29. The number of thioether (sulfide) groups is 1. The van der Waals surface area contributed by atoms with Gasteiger partial charge in [-0.15, -0.1) is 17.9 Å². The number of carbonyl (C=O) groups is 2. The van der Waals surface area contributed by atoms with Crippen LogP contribution < -0.4 is 4.74 Å². The molecule has 1 aliphatic rings. The predicted octanol–water partition coefficient (Wildman–Crippen LogP) is 4.65. The fourth-order valence-electron chi connectivity index (χ4n) is 2.30. The first kappa shape index (κ1) is 16.5. The number of nitrogens with zero attached hydrogens (tertiary/aromatic N) is 1. The molecule has 24 heavy (non-hydrogen) atoms. The van der Waals surface area contributed by atoms with Gasteiger partial charge in [-0.2, -0.15) is 0 Å². The number of hydrogen-bond acceptors (Lipinski definition) is 5. The normalized spacial score (nSPS) is 16.0. The Balaban J connectivity index is 1.85. The molecule has 0 atom stereocenters. The smallest absolute Gasteiger partial charge is 0.293 e. The van der Waals surface area contributed by atoms with E-state index in [9.17, 15) is 9.59 Å².